The van der Waals surface area contributed by atoms with E-state index < -0.39 is 0 Å². The Morgan fingerprint density at radius 1 is 1.41 bits per heavy atom. The molecule has 4 rings (SSSR count). The van der Waals surface area contributed by atoms with Crippen molar-refractivity contribution in [3.63, 3.8) is 0 Å². The molecule has 142 valence electrons. The minimum Gasteiger partial charge on any atom is -0.349 e. The molecular formula is C21H26N4OS. The van der Waals surface area contributed by atoms with Crippen LogP contribution in [0.25, 0.3) is 10.9 Å². The topological polar surface area (TPSA) is 51.0 Å². The second-order valence-corrected chi connectivity index (χ2v) is 8.89. The zero-order valence-corrected chi connectivity index (χ0v) is 17.1. The molecule has 0 aromatic carbocycles. The maximum atomic E-state index is 11.3. The van der Waals surface area contributed by atoms with E-state index in [0.29, 0.717) is 12.3 Å². The van der Waals surface area contributed by atoms with Gasteiger partial charge in [-0.2, -0.15) is 0 Å². The number of piperidine rings is 1. The molecule has 0 spiro atoms. The van der Waals surface area contributed by atoms with Crippen LogP contribution in [0.5, 0.6) is 0 Å². The predicted octanol–water partition coefficient (Wildman–Crippen LogP) is 3.85. The number of aromatic nitrogens is 3. The van der Waals surface area contributed by atoms with Crippen LogP contribution in [-0.4, -0.2) is 38.3 Å². The summed E-state index contributed by atoms with van der Waals surface area (Å²) < 4.78 is 2.20. The van der Waals surface area contributed by atoms with Gasteiger partial charge in [-0.15, -0.1) is 11.3 Å². The highest BCUT2D eigenvalue weighted by Gasteiger charge is 2.25. The second kappa shape index (κ2) is 7.52. The Kier molecular flexibility index (Phi) is 5.10. The predicted molar refractivity (Wildman–Crippen MR) is 109 cm³/mol. The molecule has 1 aliphatic rings. The number of aryl methyl sites for hydroxylation is 2. The zero-order chi connectivity index (χ0) is 19.0. The molecule has 1 atom stereocenters. The molecule has 3 aromatic heterocycles. The quantitative estimate of drug-likeness (QED) is 0.673. The first-order valence-electron chi connectivity index (χ1n) is 9.57. The minimum atomic E-state index is 0.172. The van der Waals surface area contributed by atoms with Gasteiger partial charge in [0, 0.05) is 54.4 Å². The van der Waals surface area contributed by atoms with Gasteiger partial charge in [-0.1, -0.05) is 0 Å². The van der Waals surface area contributed by atoms with Gasteiger partial charge in [0.2, 0.25) is 0 Å². The van der Waals surface area contributed by atoms with Gasteiger partial charge < -0.3 is 4.57 Å². The molecule has 0 saturated carbocycles. The van der Waals surface area contributed by atoms with Gasteiger partial charge in [0.05, 0.1) is 17.6 Å². The lowest BCUT2D eigenvalue weighted by molar-refractivity contribution is -0.116. The number of pyridine rings is 1. The number of likely N-dealkylation sites (tertiary alicyclic amines) is 1. The summed E-state index contributed by atoms with van der Waals surface area (Å²) in [5.74, 6) is 0.630. The Morgan fingerprint density at radius 3 is 3.07 bits per heavy atom. The molecular weight excluding hydrogens is 356 g/mol. The van der Waals surface area contributed by atoms with Gasteiger partial charge in [-0.05, 0) is 45.4 Å². The number of fused-ring (bicyclic) bond motifs is 1. The van der Waals surface area contributed by atoms with Crippen molar-refractivity contribution in [1.82, 2.24) is 19.4 Å². The number of nitrogens with zero attached hydrogens (tertiary/aromatic N) is 4. The number of Topliss-reactive ketones (excluding diaryl/α,β-unsaturated/α-hetero) is 1. The Hall–Kier alpha value is -2.05. The number of thiazole rings is 1. The molecule has 1 aliphatic heterocycles. The third kappa shape index (κ3) is 3.96. The summed E-state index contributed by atoms with van der Waals surface area (Å²) in [7, 11) is 2.11. The molecule has 0 aliphatic carbocycles. The number of hydrogen-bond acceptors (Lipinski definition) is 5. The van der Waals surface area contributed by atoms with Crippen LogP contribution in [0.4, 0.5) is 0 Å². The zero-order valence-electron chi connectivity index (χ0n) is 16.2. The molecule has 0 amide bonds. The van der Waals surface area contributed by atoms with Crippen LogP contribution in [0.2, 0.25) is 0 Å². The Morgan fingerprint density at radius 2 is 2.26 bits per heavy atom. The van der Waals surface area contributed by atoms with E-state index >= 15 is 0 Å². The van der Waals surface area contributed by atoms with Gasteiger partial charge in [0.25, 0.3) is 0 Å². The molecule has 0 N–H and O–H groups in total. The van der Waals surface area contributed by atoms with Crippen LogP contribution in [0.15, 0.2) is 24.5 Å². The molecule has 5 nitrogen and oxygen atoms in total. The van der Waals surface area contributed by atoms with Crippen molar-refractivity contribution in [3.8, 4) is 0 Å². The highest BCUT2D eigenvalue weighted by atomic mass is 32.1. The maximum absolute atomic E-state index is 11.3. The fourth-order valence-corrected chi connectivity index (χ4v) is 5.17. The first-order valence-corrected chi connectivity index (χ1v) is 10.4. The molecule has 3 aromatic rings. The average Bonchev–Trinajstić information content (AvgIpc) is 3.20. The molecule has 4 heterocycles. The summed E-state index contributed by atoms with van der Waals surface area (Å²) in [5, 5.41) is 2.21. The SMILES string of the molecule is CC(=O)Cc1ncc(CN2CCCC(c3nc(C)cc4ccn(C)c34)C2)s1. The standard InChI is InChI=1S/C21H26N4OS/c1-14-9-16-6-8-24(3)21(16)20(23-14)17-5-4-7-25(12-17)13-18-11-22-19(27-18)10-15(2)26/h6,8-9,11,17H,4-5,7,10,12-13H2,1-3H3. The highest BCUT2D eigenvalue weighted by Crippen LogP contribution is 2.32. The van der Waals surface area contributed by atoms with E-state index in [1.807, 2.05) is 6.20 Å². The Labute approximate surface area is 164 Å². The molecule has 0 radical (unpaired) electrons. The van der Waals surface area contributed by atoms with Gasteiger partial charge in [0.1, 0.15) is 10.8 Å². The fourth-order valence-electron chi connectivity index (χ4n) is 4.14. The molecule has 6 heteroatoms. The van der Waals surface area contributed by atoms with E-state index in [-0.39, 0.29) is 5.78 Å². The summed E-state index contributed by atoms with van der Waals surface area (Å²) in [6, 6.07) is 4.36. The third-order valence-electron chi connectivity index (χ3n) is 5.28. The normalized spacial score (nSPS) is 18.3. The van der Waals surface area contributed by atoms with E-state index in [2.05, 4.69) is 46.8 Å². The third-order valence-corrected chi connectivity index (χ3v) is 6.26. The van der Waals surface area contributed by atoms with Crippen molar-refractivity contribution < 1.29 is 4.79 Å². The van der Waals surface area contributed by atoms with Gasteiger partial charge in [-0.25, -0.2) is 4.98 Å². The number of carbonyl (C=O) groups is 1. The van der Waals surface area contributed by atoms with Gasteiger partial charge in [0.15, 0.2) is 0 Å². The number of carbonyl (C=O) groups excluding carboxylic acids is 1. The van der Waals surface area contributed by atoms with Gasteiger partial charge >= 0.3 is 0 Å². The van der Waals surface area contributed by atoms with Crippen LogP contribution >= 0.6 is 11.3 Å². The molecule has 0 bridgehead atoms. The van der Waals surface area contributed by atoms with Crippen LogP contribution in [0.1, 0.15) is 47.0 Å². The van der Waals surface area contributed by atoms with E-state index in [0.717, 1.165) is 30.3 Å². The lowest BCUT2D eigenvalue weighted by Crippen LogP contribution is -2.34. The molecule has 1 fully saturated rings. The van der Waals surface area contributed by atoms with Crippen molar-refractivity contribution in [1.29, 1.82) is 0 Å². The van der Waals surface area contributed by atoms with Crippen LogP contribution < -0.4 is 0 Å². The minimum absolute atomic E-state index is 0.172. The second-order valence-electron chi connectivity index (χ2n) is 7.69. The molecule has 1 saturated heterocycles. The molecule has 1 unspecified atom stereocenters. The molecule has 27 heavy (non-hydrogen) atoms. The average molecular weight is 383 g/mol. The fraction of sp³-hybridized carbons (Fsp3) is 0.476. The van der Waals surface area contributed by atoms with E-state index in [1.54, 1.807) is 18.3 Å². The van der Waals surface area contributed by atoms with Gasteiger partial charge in [-0.3, -0.25) is 14.7 Å². The number of rotatable bonds is 5. The highest BCUT2D eigenvalue weighted by molar-refractivity contribution is 7.11. The maximum Gasteiger partial charge on any atom is 0.136 e. The monoisotopic (exact) mass is 382 g/mol. The Balaban J connectivity index is 1.53. The van der Waals surface area contributed by atoms with Crippen molar-refractivity contribution in [2.75, 3.05) is 13.1 Å². The summed E-state index contributed by atoms with van der Waals surface area (Å²) in [5.41, 5.74) is 3.61. The van der Waals surface area contributed by atoms with E-state index in [1.165, 1.54) is 34.3 Å². The lowest BCUT2D eigenvalue weighted by atomic mass is 9.93. The summed E-state index contributed by atoms with van der Waals surface area (Å²) in [6.07, 6.45) is 6.89. The van der Waals surface area contributed by atoms with Crippen molar-refractivity contribution in [2.45, 2.75) is 45.6 Å². The summed E-state index contributed by atoms with van der Waals surface area (Å²) >= 11 is 1.67. The van der Waals surface area contributed by atoms with Crippen molar-refractivity contribution in [2.24, 2.45) is 7.05 Å². The van der Waals surface area contributed by atoms with Crippen molar-refractivity contribution >= 4 is 28.0 Å². The lowest BCUT2D eigenvalue weighted by Gasteiger charge is -2.32. The number of ketones is 1. The Bertz CT molecular complexity index is 974. The summed E-state index contributed by atoms with van der Waals surface area (Å²) in [6.45, 7) is 6.75. The van der Waals surface area contributed by atoms with Crippen LogP contribution in [0.3, 0.4) is 0 Å². The largest absolute Gasteiger partial charge is 0.349 e. The first-order chi connectivity index (χ1) is 13.0. The number of hydrogen-bond donors (Lipinski definition) is 0. The first kappa shape index (κ1) is 18.3. The van der Waals surface area contributed by atoms with Crippen molar-refractivity contribution in [3.05, 3.63) is 45.8 Å². The van der Waals surface area contributed by atoms with E-state index in [4.69, 9.17) is 4.98 Å². The summed E-state index contributed by atoms with van der Waals surface area (Å²) in [4.78, 5) is 24.4. The van der Waals surface area contributed by atoms with Crippen LogP contribution in [0, 0.1) is 6.92 Å². The van der Waals surface area contributed by atoms with Crippen LogP contribution in [-0.2, 0) is 24.8 Å². The smallest absolute Gasteiger partial charge is 0.136 e. The van der Waals surface area contributed by atoms with E-state index in [9.17, 15) is 4.79 Å².